The zero-order chi connectivity index (χ0) is 14.8. The quantitative estimate of drug-likeness (QED) is 0.201. The largest absolute Gasteiger partial charge is 1.00 e. The molecule has 0 aromatic carbocycles. The van der Waals surface area contributed by atoms with Gasteiger partial charge >= 0.3 is 233 Å². The molecule has 0 aliphatic rings. The smallest absolute Gasteiger partial charge is 1.00 e. The van der Waals surface area contributed by atoms with Gasteiger partial charge in [-0.1, -0.05) is 54.5 Å². The average molecular weight is 574 g/mol. The molecule has 0 saturated heterocycles. The molecule has 0 atom stereocenters. The van der Waals surface area contributed by atoms with Gasteiger partial charge in [-0.3, -0.25) is 0 Å². The van der Waals surface area contributed by atoms with Crippen LogP contribution in [-0.2, 0) is 0 Å². The molecular weight excluding hydrogens is 534 g/mol. The fraction of sp³-hybridized carbons (Fsp3) is 0.688. The Kier molecular flexibility index (Phi) is 425. The van der Waals surface area contributed by atoms with Crippen LogP contribution in [0.15, 0.2) is 12.7 Å². The van der Waals surface area contributed by atoms with Gasteiger partial charge in [-0.15, -0.1) is 6.58 Å². The van der Waals surface area contributed by atoms with Crippen LogP contribution >= 0.6 is 0 Å². The van der Waals surface area contributed by atoms with E-state index in [1.54, 1.807) is 6.08 Å². The Hall–Kier alpha value is 6.96. The number of rotatable bonds is 0. The summed E-state index contributed by atoms with van der Waals surface area (Å²) in [6.45, 7) is 29.8. The molecule has 0 unspecified atom stereocenters. The second-order valence-electron chi connectivity index (χ2n) is 1.91. The average Bonchev–Trinajstić information content (AvgIpc) is 2.27. The Labute approximate surface area is 331 Å². The first-order valence-electron chi connectivity index (χ1n) is 6.61. The van der Waals surface area contributed by atoms with E-state index in [9.17, 15) is 0 Å². The molecule has 0 heterocycles. The Balaban J connectivity index is -0.00000000611. The first-order valence-corrected chi connectivity index (χ1v) is 6.61. The Morgan fingerprint density at radius 2 is 0.700 bits per heavy atom. The maximum atomic E-state index is 3.49. The molecule has 0 aromatic heterocycles. The third-order valence-corrected chi connectivity index (χ3v) is 0. The summed E-state index contributed by atoms with van der Waals surface area (Å²) < 4.78 is 0. The molecule has 0 aliphatic carbocycles. The van der Waals surface area contributed by atoms with Crippen molar-refractivity contribution in [2.75, 3.05) is 0 Å². The Bertz CT molecular complexity index is 44.5. The molecule has 0 radical (unpaired) electrons. The summed E-state index contributed by atoms with van der Waals surface area (Å²) in [6, 6.07) is 0. The molecule has 0 bridgehead atoms. The van der Waals surface area contributed by atoms with Gasteiger partial charge in [0, 0.05) is 0 Å². The Morgan fingerprint density at radius 3 is 0.700 bits per heavy atom. The summed E-state index contributed by atoms with van der Waals surface area (Å²) in [7, 11) is 0. The van der Waals surface area contributed by atoms with Gasteiger partial charge in [-0.2, -0.15) is 19.3 Å². The van der Waals surface area contributed by atoms with E-state index in [1.807, 2.05) is 55.4 Å². The third-order valence-electron chi connectivity index (χ3n) is 0. The van der Waals surface area contributed by atoms with E-state index >= 15 is 0 Å². The molecule has 0 aromatic rings. The van der Waals surface area contributed by atoms with E-state index in [0.717, 1.165) is 19.3 Å². The van der Waals surface area contributed by atoms with Crippen LogP contribution in [0.1, 0.15) is 76.1 Å². The van der Waals surface area contributed by atoms with Crippen LogP contribution in [0, 0.1) is 20.8 Å². The van der Waals surface area contributed by atoms with Gasteiger partial charge in [-0.25, -0.2) is 0 Å². The van der Waals surface area contributed by atoms with Crippen LogP contribution in [0.3, 0.4) is 0 Å². The van der Waals surface area contributed by atoms with Gasteiger partial charge in [0.2, 0.25) is 0 Å². The summed E-state index contributed by atoms with van der Waals surface area (Å²) in [5, 5.41) is 0. The monoisotopic (exact) mass is 572 g/mol. The van der Waals surface area contributed by atoms with Crippen molar-refractivity contribution >= 4 is 0 Å². The van der Waals surface area contributed by atoms with Crippen LogP contribution < -0.4 is 233 Å². The molecule has 0 spiro atoms. The predicted molar refractivity (Wildman–Crippen MR) is 86.6 cm³/mol. The maximum absolute atomic E-state index is 3.49. The maximum Gasteiger partial charge on any atom is 1.00 e. The second-order valence-corrected chi connectivity index (χ2v) is 1.91. The van der Waals surface area contributed by atoms with E-state index in [2.05, 4.69) is 27.4 Å². The van der Waals surface area contributed by atoms with Crippen molar-refractivity contribution in [2.45, 2.75) is 74.7 Å². The van der Waals surface area contributed by atoms with Gasteiger partial charge in [-0.05, 0) is 6.92 Å². The second kappa shape index (κ2) is 135. The van der Waals surface area contributed by atoms with Crippen LogP contribution in [0.2, 0.25) is 0 Å². The molecule has 108 valence electrons. The summed E-state index contributed by atoms with van der Waals surface area (Å²) in [6.07, 6.45) is 4.75. The molecule has 4 heteroatoms. The minimum absolute atomic E-state index is 0. The molecule has 0 N–H and O–H groups in total. The van der Waals surface area contributed by atoms with E-state index in [-0.39, 0.29) is 234 Å². The molecule has 0 amide bonds. The van der Waals surface area contributed by atoms with Crippen LogP contribution in [0.25, 0.3) is 0 Å². The molecular formula is C16H40Rb4. The zero-order valence-corrected chi connectivity index (χ0v) is 37.2. The fourth-order valence-electron chi connectivity index (χ4n) is 0. The van der Waals surface area contributed by atoms with Crippen LogP contribution in [0.4, 0.5) is 0 Å². The van der Waals surface area contributed by atoms with Crippen molar-refractivity contribution in [1.82, 2.24) is 0 Å². The Morgan fingerprint density at radius 1 is 0.700 bits per heavy atom. The van der Waals surface area contributed by atoms with Gasteiger partial charge in [0.1, 0.15) is 0 Å². The topological polar surface area (TPSA) is 0 Å². The van der Waals surface area contributed by atoms with Crippen molar-refractivity contribution in [3.05, 3.63) is 33.4 Å². The number of allylic oxidation sites excluding steroid dienone is 1. The molecule has 0 nitrogen and oxygen atoms in total. The summed E-state index contributed by atoms with van der Waals surface area (Å²) in [5.41, 5.74) is 0. The van der Waals surface area contributed by atoms with Crippen molar-refractivity contribution in [2.24, 2.45) is 0 Å². The first-order chi connectivity index (χ1) is 7.66. The summed E-state index contributed by atoms with van der Waals surface area (Å²) in [5.74, 6) is 0. The van der Waals surface area contributed by atoms with E-state index in [0.29, 0.717) is 0 Å². The summed E-state index contributed by atoms with van der Waals surface area (Å²) in [4.78, 5) is 0. The number of hydrogen-bond acceptors (Lipinski definition) is 0. The van der Waals surface area contributed by atoms with Crippen molar-refractivity contribution < 1.29 is 234 Å². The predicted octanol–water partition coefficient (Wildman–Crippen LogP) is -4.94. The molecule has 0 fully saturated rings. The molecule has 0 saturated carbocycles. The molecule has 20 heavy (non-hydrogen) atoms. The van der Waals surface area contributed by atoms with Gasteiger partial charge in [0.25, 0.3) is 0 Å². The van der Waals surface area contributed by atoms with Crippen molar-refractivity contribution in [1.29, 1.82) is 0 Å². The van der Waals surface area contributed by atoms with E-state index < -0.39 is 0 Å². The molecule has 0 aliphatic heterocycles. The molecule has 0 rings (SSSR count). The van der Waals surface area contributed by atoms with Crippen molar-refractivity contribution in [3.8, 4) is 0 Å². The normalized spacial score (nSPS) is 3.95. The standard InChI is InChI=1S/3C3H7.C3H6.2C2H6.4Rb.H/c4*1-3-2;2*1-2;;;;;/h3*1,3H2,2H3;3H,1H2,2H3;2*1-2H3;;;;;/q3*-1;;;;4*+1;-1. The van der Waals surface area contributed by atoms with E-state index in [4.69, 9.17) is 0 Å². The first kappa shape index (κ1) is 63.2. The number of hydrogen-bond donors (Lipinski definition) is 0. The van der Waals surface area contributed by atoms with Gasteiger partial charge in [0.05, 0.1) is 0 Å². The van der Waals surface area contributed by atoms with E-state index in [1.165, 1.54) is 0 Å². The van der Waals surface area contributed by atoms with Crippen LogP contribution in [-0.4, -0.2) is 0 Å². The fourth-order valence-corrected chi connectivity index (χ4v) is 0. The van der Waals surface area contributed by atoms with Gasteiger partial charge in [0.15, 0.2) is 0 Å². The summed E-state index contributed by atoms with van der Waals surface area (Å²) >= 11 is 0. The zero-order valence-electron chi connectivity index (χ0n) is 18.5. The SMILES string of the molecule is C=CC.CC.CC.[CH2-]CC.[CH2-]CC.[CH2-]CC.[H-].[Rb+].[Rb+].[Rb+].[Rb+]. The van der Waals surface area contributed by atoms with Crippen molar-refractivity contribution in [3.63, 3.8) is 0 Å². The minimum atomic E-state index is 0. The van der Waals surface area contributed by atoms with Gasteiger partial charge < -0.3 is 22.2 Å². The third kappa shape index (κ3) is 296. The minimum Gasteiger partial charge on any atom is -1.00 e. The van der Waals surface area contributed by atoms with Crippen LogP contribution in [0.5, 0.6) is 0 Å².